The maximum atomic E-state index is 13.9. The smallest absolute Gasteiger partial charge is 0.263 e. The molecular formula is C22H31NO4. The summed E-state index contributed by atoms with van der Waals surface area (Å²) in [6.45, 7) is 8.02. The molecule has 0 saturated carbocycles. The molecule has 0 aromatic heterocycles. The van der Waals surface area contributed by atoms with Crippen LogP contribution in [0.4, 0.5) is 0 Å². The molecule has 0 aliphatic heterocycles. The van der Waals surface area contributed by atoms with E-state index in [9.17, 15) is 4.79 Å². The topological polar surface area (TPSA) is 48.0 Å². The highest BCUT2D eigenvalue weighted by atomic mass is 16.6. The Kier molecular flexibility index (Phi) is 6.84. The second-order valence-corrected chi connectivity index (χ2v) is 7.17. The number of methoxy groups -OCH3 is 3. The lowest BCUT2D eigenvalue weighted by Crippen LogP contribution is -2.62. The molecule has 2 unspecified atom stereocenters. The lowest BCUT2D eigenvalue weighted by Gasteiger charge is -2.46. The summed E-state index contributed by atoms with van der Waals surface area (Å²) in [5.74, 6) is 0.416. The molecule has 0 heterocycles. The molecule has 0 radical (unpaired) electrons. The molecule has 0 bridgehead atoms. The minimum atomic E-state index is -1.34. The van der Waals surface area contributed by atoms with Gasteiger partial charge < -0.3 is 19.1 Å². The molecule has 1 aliphatic carbocycles. The predicted molar refractivity (Wildman–Crippen MR) is 107 cm³/mol. The molecule has 1 aromatic carbocycles. The van der Waals surface area contributed by atoms with Crippen molar-refractivity contribution in [2.75, 3.05) is 21.3 Å². The Morgan fingerprint density at radius 1 is 1.00 bits per heavy atom. The van der Waals surface area contributed by atoms with Crippen LogP contribution in [0.15, 0.2) is 48.2 Å². The Labute approximate surface area is 162 Å². The van der Waals surface area contributed by atoms with Crippen LogP contribution < -0.4 is 0 Å². The monoisotopic (exact) mass is 373 g/mol. The van der Waals surface area contributed by atoms with Crippen LogP contribution in [0.25, 0.3) is 5.57 Å². The van der Waals surface area contributed by atoms with E-state index in [1.54, 1.807) is 21.3 Å². The van der Waals surface area contributed by atoms with E-state index in [0.717, 1.165) is 11.1 Å². The first-order valence-electron chi connectivity index (χ1n) is 9.27. The Morgan fingerprint density at radius 2 is 1.59 bits per heavy atom. The molecule has 2 rings (SSSR count). The van der Waals surface area contributed by atoms with Crippen LogP contribution >= 0.6 is 0 Å². The number of amides is 1. The van der Waals surface area contributed by atoms with E-state index in [2.05, 4.69) is 0 Å². The quantitative estimate of drug-likeness (QED) is 0.732. The van der Waals surface area contributed by atoms with E-state index in [0.29, 0.717) is 5.76 Å². The largest absolute Gasteiger partial charge is 0.498 e. The average molecular weight is 373 g/mol. The summed E-state index contributed by atoms with van der Waals surface area (Å²) in [6, 6.07) is 9.80. The number of hydrogen-bond acceptors (Lipinski definition) is 4. The van der Waals surface area contributed by atoms with Crippen LogP contribution in [-0.4, -0.2) is 55.9 Å². The minimum absolute atomic E-state index is 0.0101. The standard InChI is InChI=1S/C22H31NO4/c1-15(2)23(16(3)4)21(24)22(27-7)18(17-11-9-8-10-12-17)13-14-19(25-5)20(22)26-6/h8-16,20H,1-7H3. The van der Waals surface area contributed by atoms with Gasteiger partial charge in [0.05, 0.1) is 7.11 Å². The molecule has 2 atom stereocenters. The van der Waals surface area contributed by atoms with Crippen molar-refractivity contribution in [1.82, 2.24) is 4.90 Å². The lowest BCUT2D eigenvalue weighted by molar-refractivity contribution is -0.165. The normalized spacial score (nSPS) is 22.5. The highest BCUT2D eigenvalue weighted by Gasteiger charge is 2.56. The van der Waals surface area contributed by atoms with E-state index in [1.165, 1.54) is 0 Å². The Morgan fingerprint density at radius 3 is 2.04 bits per heavy atom. The van der Waals surface area contributed by atoms with Gasteiger partial charge in [0, 0.05) is 31.9 Å². The van der Waals surface area contributed by atoms with Gasteiger partial charge in [-0.3, -0.25) is 4.79 Å². The summed E-state index contributed by atoms with van der Waals surface area (Å²) < 4.78 is 17.3. The van der Waals surface area contributed by atoms with Crippen molar-refractivity contribution in [2.45, 2.75) is 51.5 Å². The summed E-state index contributed by atoms with van der Waals surface area (Å²) in [5.41, 5.74) is 0.327. The third kappa shape index (κ3) is 3.66. The predicted octanol–water partition coefficient (Wildman–Crippen LogP) is 3.66. The fraction of sp³-hybridized carbons (Fsp3) is 0.500. The van der Waals surface area contributed by atoms with E-state index in [4.69, 9.17) is 14.2 Å². The van der Waals surface area contributed by atoms with Gasteiger partial charge in [0.25, 0.3) is 5.91 Å². The molecule has 148 valence electrons. The van der Waals surface area contributed by atoms with Gasteiger partial charge in [0.2, 0.25) is 5.60 Å². The molecule has 27 heavy (non-hydrogen) atoms. The van der Waals surface area contributed by atoms with Crippen LogP contribution in [0.5, 0.6) is 0 Å². The first-order valence-corrected chi connectivity index (χ1v) is 9.27. The van der Waals surface area contributed by atoms with Gasteiger partial charge in [0.15, 0.2) is 6.10 Å². The number of hydrogen-bond donors (Lipinski definition) is 0. The Balaban J connectivity index is 2.74. The zero-order chi connectivity index (χ0) is 20.2. The third-order valence-electron chi connectivity index (χ3n) is 4.99. The lowest BCUT2D eigenvalue weighted by atomic mass is 9.77. The van der Waals surface area contributed by atoms with Gasteiger partial charge in [-0.15, -0.1) is 0 Å². The summed E-state index contributed by atoms with van der Waals surface area (Å²) in [4.78, 5) is 15.8. The van der Waals surface area contributed by atoms with Crippen molar-refractivity contribution in [3.8, 4) is 0 Å². The van der Waals surface area contributed by atoms with E-state index in [1.807, 2.05) is 75.1 Å². The maximum Gasteiger partial charge on any atom is 0.263 e. The van der Waals surface area contributed by atoms with Gasteiger partial charge in [-0.1, -0.05) is 36.4 Å². The number of carbonyl (C=O) groups is 1. The van der Waals surface area contributed by atoms with Crippen molar-refractivity contribution in [1.29, 1.82) is 0 Å². The van der Waals surface area contributed by atoms with Crippen LogP contribution in [0.2, 0.25) is 0 Å². The first kappa shape index (κ1) is 21.2. The molecule has 0 spiro atoms. The second-order valence-electron chi connectivity index (χ2n) is 7.17. The van der Waals surface area contributed by atoms with Crippen LogP contribution in [0.1, 0.15) is 33.3 Å². The van der Waals surface area contributed by atoms with Gasteiger partial charge in [0.1, 0.15) is 5.76 Å². The number of ether oxygens (including phenoxy) is 3. The van der Waals surface area contributed by atoms with Gasteiger partial charge >= 0.3 is 0 Å². The number of carbonyl (C=O) groups excluding carboxylic acids is 1. The second kappa shape index (κ2) is 8.72. The highest BCUT2D eigenvalue weighted by molar-refractivity contribution is 6.02. The van der Waals surface area contributed by atoms with Crippen molar-refractivity contribution >= 4 is 11.5 Å². The van der Waals surface area contributed by atoms with E-state index < -0.39 is 11.7 Å². The van der Waals surface area contributed by atoms with Crippen molar-refractivity contribution in [3.63, 3.8) is 0 Å². The molecule has 0 fully saturated rings. The fourth-order valence-electron chi connectivity index (χ4n) is 3.89. The number of nitrogens with zero attached hydrogens (tertiary/aromatic N) is 1. The SMILES string of the molecule is COC1=CC=C(c2ccccc2)C(OC)(C(=O)N(C(C)C)C(C)C)C1OC. The molecule has 0 saturated heterocycles. The zero-order valence-electron chi connectivity index (χ0n) is 17.4. The fourth-order valence-corrected chi connectivity index (χ4v) is 3.89. The number of rotatable bonds is 7. The van der Waals surface area contributed by atoms with Crippen LogP contribution in [0.3, 0.4) is 0 Å². The highest BCUT2D eigenvalue weighted by Crippen LogP contribution is 2.42. The molecule has 1 aromatic rings. The molecule has 1 aliphatic rings. The zero-order valence-corrected chi connectivity index (χ0v) is 17.4. The molecule has 5 nitrogen and oxygen atoms in total. The van der Waals surface area contributed by atoms with Crippen molar-refractivity contribution < 1.29 is 19.0 Å². The Bertz CT molecular complexity index is 700. The van der Waals surface area contributed by atoms with E-state index >= 15 is 0 Å². The summed E-state index contributed by atoms with van der Waals surface area (Å²) in [6.07, 6.45) is 3.04. The molecule has 1 amide bonds. The third-order valence-corrected chi connectivity index (χ3v) is 4.99. The number of allylic oxidation sites excluding steroid dienone is 2. The number of benzene rings is 1. The van der Waals surface area contributed by atoms with Crippen molar-refractivity contribution in [3.05, 3.63) is 53.8 Å². The summed E-state index contributed by atoms with van der Waals surface area (Å²) in [5, 5.41) is 0. The first-order chi connectivity index (χ1) is 12.8. The molecule has 0 N–H and O–H groups in total. The van der Waals surface area contributed by atoms with Crippen molar-refractivity contribution in [2.24, 2.45) is 0 Å². The maximum absolute atomic E-state index is 13.9. The average Bonchev–Trinajstić information content (AvgIpc) is 2.66. The van der Waals surface area contributed by atoms with Crippen LogP contribution in [0, 0.1) is 0 Å². The van der Waals surface area contributed by atoms with Gasteiger partial charge in [-0.05, 0) is 39.3 Å². The Hall–Kier alpha value is -2.11. The van der Waals surface area contributed by atoms with Gasteiger partial charge in [-0.25, -0.2) is 0 Å². The molecule has 5 heteroatoms. The summed E-state index contributed by atoms with van der Waals surface area (Å²) in [7, 11) is 4.70. The summed E-state index contributed by atoms with van der Waals surface area (Å²) >= 11 is 0. The molecular weight excluding hydrogens is 342 g/mol. The minimum Gasteiger partial charge on any atom is -0.498 e. The van der Waals surface area contributed by atoms with Gasteiger partial charge in [-0.2, -0.15) is 0 Å². The van der Waals surface area contributed by atoms with E-state index in [-0.39, 0.29) is 18.0 Å². The van der Waals surface area contributed by atoms with Crippen LogP contribution in [-0.2, 0) is 19.0 Å².